The fourth-order valence-electron chi connectivity index (χ4n) is 0.976. The van der Waals surface area contributed by atoms with Crippen molar-refractivity contribution < 1.29 is 9.53 Å². The van der Waals surface area contributed by atoms with Gasteiger partial charge in [-0.15, -0.1) is 0 Å². The quantitative estimate of drug-likeness (QED) is 0.655. The Morgan fingerprint density at radius 3 is 3.08 bits per heavy atom. The molecule has 72 valence electrons. The number of nitrogens with two attached hydrogens (primary N) is 1. The molecule has 0 saturated heterocycles. The molecule has 5 nitrogen and oxygen atoms in total. The first-order valence-corrected chi connectivity index (χ1v) is 4.03. The number of aromatic nitrogens is 2. The molecule has 2 N–H and O–H groups in total. The predicted molar refractivity (Wildman–Crippen MR) is 46.8 cm³/mol. The van der Waals surface area contributed by atoms with E-state index in [4.69, 9.17) is 5.73 Å². The largest absolute Gasteiger partial charge is 0.468 e. The van der Waals surface area contributed by atoms with Crippen molar-refractivity contribution >= 4 is 5.97 Å². The summed E-state index contributed by atoms with van der Waals surface area (Å²) in [7, 11) is 1.33. The summed E-state index contributed by atoms with van der Waals surface area (Å²) < 4.78 is 6.36. The number of aryl methyl sites for hydroxylation is 1. The number of esters is 1. The topological polar surface area (TPSA) is 70.1 Å². The van der Waals surface area contributed by atoms with Crippen LogP contribution in [0.2, 0.25) is 0 Å². The summed E-state index contributed by atoms with van der Waals surface area (Å²) in [4.78, 5) is 14.8. The van der Waals surface area contributed by atoms with E-state index in [-0.39, 0.29) is 5.97 Å². The molecule has 1 aromatic heterocycles. The van der Waals surface area contributed by atoms with Gasteiger partial charge in [-0.1, -0.05) is 0 Å². The molecule has 1 heterocycles. The van der Waals surface area contributed by atoms with Gasteiger partial charge in [-0.05, 0) is 6.42 Å². The van der Waals surface area contributed by atoms with Crippen LogP contribution in [0.25, 0.3) is 0 Å². The summed E-state index contributed by atoms with van der Waals surface area (Å²) in [5, 5.41) is 0. The summed E-state index contributed by atoms with van der Waals surface area (Å²) in [5.41, 5.74) is 5.54. The van der Waals surface area contributed by atoms with Crippen molar-refractivity contribution in [2.75, 3.05) is 7.11 Å². The molecular formula is C8H13N3O2. The van der Waals surface area contributed by atoms with E-state index in [1.54, 1.807) is 12.5 Å². The molecule has 1 atom stereocenters. The van der Waals surface area contributed by atoms with Crippen LogP contribution in [0.15, 0.2) is 18.7 Å². The van der Waals surface area contributed by atoms with Gasteiger partial charge in [0.15, 0.2) is 0 Å². The smallest absolute Gasteiger partial charge is 0.322 e. The zero-order chi connectivity index (χ0) is 9.68. The summed E-state index contributed by atoms with van der Waals surface area (Å²) in [5.74, 6) is -0.375. The molecule has 0 spiro atoms. The SMILES string of the molecule is COC(=O)C(N)CCn1ccnc1. The molecule has 0 radical (unpaired) electrons. The monoisotopic (exact) mass is 183 g/mol. The Kier molecular flexibility index (Phi) is 3.45. The van der Waals surface area contributed by atoms with E-state index in [2.05, 4.69) is 9.72 Å². The van der Waals surface area contributed by atoms with E-state index in [9.17, 15) is 4.79 Å². The number of methoxy groups -OCH3 is 1. The van der Waals surface area contributed by atoms with Crippen LogP contribution >= 0.6 is 0 Å². The molecule has 13 heavy (non-hydrogen) atoms. The van der Waals surface area contributed by atoms with E-state index in [0.717, 1.165) is 0 Å². The number of nitrogens with zero attached hydrogens (tertiary/aromatic N) is 2. The van der Waals surface area contributed by atoms with Crippen molar-refractivity contribution in [1.82, 2.24) is 9.55 Å². The highest BCUT2D eigenvalue weighted by Crippen LogP contribution is 1.95. The van der Waals surface area contributed by atoms with Crippen molar-refractivity contribution in [2.45, 2.75) is 19.0 Å². The van der Waals surface area contributed by atoms with Gasteiger partial charge in [-0.3, -0.25) is 4.79 Å². The molecule has 0 aliphatic heterocycles. The van der Waals surface area contributed by atoms with Gasteiger partial charge in [-0.25, -0.2) is 4.98 Å². The number of hydrogen-bond acceptors (Lipinski definition) is 4. The Bertz CT molecular complexity index is 258. The first-order chi connectivity index (χ1) is 6.24. The summed E-state index contributed by atoms with van der Waals surface area (Å²) in [6, 6.07) is -0.549. The molecule has 0 saturated carbocycles. The number of ether oxygens (including phenoxy) is 1. The van der Waals surface area contributed by atoms with Crippen molar-refractivity contribution in [3.8, 4) is 0 Å². The van der Waals surface area contributed by atoms with Crippen LogP contribution in [0, 0.1) is 0 Å². The third kappa shape index (κ3) is 2.87. The van der Waals surface area contributed by atoms with Crippen molar-refractivity contribution in [3.05, 3.63) is 18.7 Å². The van der Waals surface area contributed by atoms with Crippen LogP contribution in [0.1, 0.15) is 6.42 Å². The van der Waals surface area contributed by atoms with Gasteiger partial charge >= 0.3 is 5.97 Å². The second-order valence-electron chi connectivity index (χ2n) is 2.72. The average molecular weight is 183 g/mol. The lowest BCUT2D eigenvalue weighted by molar-refractivity contribution is -0.142. The highest BCUT2D eigenvalue weighted by atomic mass is 16.5. The lowest BCUT2D eigenvalue weighted by Crippen LogP contribution is -2.32. The van der Waals surface area contributed by atoms with Crippen molar-refractivity contribution in [3.63, 3.8) is 0 Å². The summed E-state index contributed by atoms with van der Waals surface area (Å²) >= 11 is 0. The first kappa shape index (κ1) is 9.73. The maximum atomic E-state index is 10.9. The van der Waals surface area contributed by atoms with E-state index < -0.39 is 6.04 Å². The summed E-state index contributed by atoms with van der Waals surface area (Å²) in [6.45, 7) is 0.677. The van der Waals surface area contributed by atoms with Crippen molar-refractivity contribution in [2.24, 2.45) is 5.73 Å². The van der Waals surface area contributed by atoms with Crippen LogP contribution in [0.4, 0.5) is 0 Å². The molecule has 0 aromatic carbocycles. The molecule has 0 bridgehead atoms. The van der Waals surface area contributed by atoms with Crippen LogP contribution in [0.3, 0.4) is 0 Å². The van der Waals surface area contributed by atoms with Gasteiger partial charge in [-0.2, -0.15) is 0 Å². The molecular weight excluding hydrogens is 170 g/mol. The van der Waals surface area contributed by atoms with E-state index >= 15 is 0 Å². The Morgan fingerprint density at radius 1 is 1.77 bits per heavy atom. The Balaban J connectivity index is 2.30. The Morgan fingerprint density at radius 2 is 2.54 bits per heavy atom. The van der Waals surface area contributed by atoms with E-state index in [1.165, 1.54) is 7.11 Å². The van der Waals surface area contributed by atoms with Gasteiger partial charge in [0.2, 0.25) is 0 Å². The van der Waals surface area contributed by atoms with E-state index in [0.29, 0.717) is 13.0 Å². The fourth-order valence-corrected chi connectivity index (χ4v) is 0.976. The number of hydrogen-bond donors (Lipinski definition) is 1. The second kappa shape index (κ2) is 4.61. The van der Waals surface area contributed by atoms with Crippen LogP contribution in [0.5, 0.6) is 0 Å². The van der Waals surface area contributed by atoms with Crippen LogP contribution in [-0.2, 0) is 16.1 Å². The van der Waals surface area contributed by atoms with Crippen molar-refractivity contribution in [1.29, 1.82) is 0 Å². The highest BCUT2D eigenvalue weighted by molar-refractivity contribution is 5.75. The minimum Gasteiger partial charge on any atom is -0.468 e. The van der Waals surface area contributed by atoms with Gasteiger partial charge in [0.05, 0.1) is 13.4 Å². The van der Waals surface area contributed by atoms with Crippen LogP contribution in [-0.4, -0.2) is 28.7 Å². The minimum absolute atomic E-state index is 0.375. The Hall–Kier alpha value is -1.36. The Labute approximate surface area is 76.5 Å². The third-order valence-corrected chi connectivity index (χ3v) is 1.76. The number of carbonyl (C=O) groups excluding carboxylic acids is 1. The highest BCUT2D eigenvalue weighted by Gasteiger charge is 2.12. The molecule has 0 aliphatic carbocycles. The molecule has 1 unspecified atom stereocenters. The van der Waals surface area contributed by atoms with Crippen LogP contribution < -0.4 is 5.73 Å². The lowest BCUT2D eigenvalue weighted by Gasteiger charge is -2.08. The van der Waals surface area contributed by atoms with Gasteiger partial charge in [0, 0.05) is 18.9 Å². The van der Waals surface area contributed by atoms with Gasteiger partial charge < -0.3 is 15.0 Å². The molecule has 0 aliphatic rings. The zero-order valence-electron chi connectivity index (χ0n) is 7.51. The second-order valence-corrected chi connectivity index (χ2v) is 2.72. The third-order valence-electron chi connectivity index (χ3n) is 1.76. The average Bonchev–Trinajstić information content (AvgIpc) is 2.65. The summed E-state index contributed by atoms with van der Waals surface area (Å²) in [6.07, 6.45) is 5.75. The standard InChI is InChI=1S/C8H13N3O2/c1-13-8(12)7(9)2-4-11-5-3-10-6-11/h3,5-7H,2,4,9H2,1H3. The maximum Gasteiger partial charge on any atom is 0.322 e. The number of carbonyl (C=O) groups is 1. The maximum absolute atomic E-state index is 10.9. The molecule has 0 fully saturated rings. The molecule has 1 rings (SSSR count). The van der Waals surface area contributed by atoms with E-state index in [1.807, 2.05) is 10.8 Å². The first-order valence-electron chi connectivity index (χ1n) is 4.03. The molecule has 1 aromatic rings. The fraction of sp³-hybridized carbons (Fsp3) is 0.500. The molecule has 0 amide bonds. The molecule has 5 heteroatoms. The number of imidazole rings is 1. The van der Waals surface area contributed by atoms with Gasteiger partial charge in [0.1, 0.15) is 6.04 Å². The van der Waals surface area contributed by atoms with Gasteiger partial charge in [0.25, 0.3) is 0 Å². The predicted octanol–water partition coefficient (Wildman–Crippen LogP) is -0.226. The minimum atomic E-state index is -0.549. The number of rotatable bonds is 4. The zero-order valence-corrected chi connectivity index (χ0v) is 7.51. The lowest BCUT2D eigenvalue weighted by atomic mass is 10.2. The normalized spacial score (nSPS) is 12.5.